The van der Waals surface area contributed by atoms with Crippen LogP contribution in [0.15, 0.2) is 109 Å². The van der Waals surface area contributed by atoms with Crippen molar-refractivity contribution < 1.29 is 220 Å². The second-order valence-corrected chi connectivity index (χ2v) is 32.3. The molecule has 1 N–H and O–H groups in total. The fraction of sp³-hybridized carbons (Fsp3) is 0.429. The molecule has 14 fully saturated rings. The number of carbonyl (C=O) groups is 30. The Morgan fingerprint density at radius 2 is 0.761 bits per heavy atom. The first-order valence-electron chi connectivity index (χ1n) is 42.3. The summed E-state index contributed by atoms with van der Waals surface area (Å²) in [5, 5.41) is 2.33. The molecule has 2 bridgehead atoms. The Morgan fingerprint density at radius 3 is 1.10 bits per heavy atom. The van der Waals surface area contributed by atoms with Crippen molar-refractivity contribution in [1.82, 2.24) is 5.32 Å². The third-order valence-electron chi connectivity index (χ3n) is 22.5. The summed E-state index contributed by atoms with van der Waals surface area (Å²) in [6, 6.07) is 13.5. The van der Waals surface area contributed by atoms with Gasteiger partial charge in [0.15, 0.2) is 0 Å². The van der Waals surface area contributed by atoms with Crippen molar-refractivity contribution in [3.8, 4) is 0 Å². The maximum atomic E-state index is 11.6. The SMILES string of the molecule is C=C1CC(=O)OC1=O.CC12CCC(C(=O)OC1=O)C2(C)C.CC1=CC(=O)OC1=O.O=C1C=CC(=O)O1.O=C1C=CCC(=O)O1.O=C1CCC(=O)O1.O=C1CCCC(=O)O1.O=C1CCNC(=O)O1.O=C1COCC(=O)O1.O=C1Cc2ccccc2C(=O)O1.O=C1OC(=O)C2CC12.O=C1OC(=O)C2CC=CCC12.O=C1OC(=O)C2CCCC12.O=C1OC(=O)C2CCCCC12.O=C1OC(=O)c2ccccc21. The first-order valence-corrected chi connectivity index (χ1v) is 42.3. The first kappa shape index (κ1) is 107. The topological polar surface area (TPSA) is 672 Å². The van der Waals surface area contributed by atoms with Crippen LogP contribution in [0.2, 0.25) is 0 Å². The maximum absolute atomic E-state index is 11.6. The van der Waals surface area contributed by atoms with Crippen LogP contribution in [0.25, 0.3) is 0 Å². The predicted molar refractivity (Wildman–Crippen MR) is 436 cm³/mol. The van der Waals surface area contributed by atoms with E-state index < -0.39 is 113 Å². The van der Waals surface area contributed by atoms with Crippen LogP contribution in [0.3, 0.4) is 0 Å². The number of hydrogen-bond acceptors (Lipinski definition) is 46. The van der Waals surface area contributed by atoms with Gasteiger partial charge < -0.3 is 81.1 Å². The standard InChI is InChI=1S/C10H14O3.C9H6O3.C8H10O3.C8H8O3.C8H4O3.C7H8O3.3C5H4O3.C5H6O3.C5H4O3.C4H5NO3.C4H4O4.C4H4O3.C4H2O3/c1-9(2)6-4-5-10(9,3)8(12)13-7(6)11;10-8-5-6-3-1-2-4-7(6)9(11)12-8;3*9-7-5-3-1-2-4-6(5)8(10)11-7;8-6-4-2-1-3-5(4)7(9)10-6;6-4-2-1-3(2)5(7)8-4;2*1-3-2-4(6)8-5(3)7;2*6-4-2-1-3-5(7)8-4;6-3-1-2-5-4(7)8-3;5-3-1-7-2-4(6)8-3;2*5-3-1-2-4(6)7-3/h6H,4-5H2,1-3H3;1-4H,5H2;5-6H,1-4H2;1-2,5-6H,3-4H2;1-4H;4-5H,1-3H2;2-3H,1H2;2H,1H3;1-2H2;1-3H2;1-2H,3H2;1-2H2,(H,5,7);1-2H2;1-2H2;1-2H. The highest BCUT2D eigenvalue weighted by Crippen LogP contribution is 2.59. The van der Waals surface area contributed by atoms with Crippen LogP contribution in [-0.2, 0) is 207 Å². The average molecular weight is 1930 g/mol. The van der Waals surface area contributed by atoms with Crippen molar-refractivity contribution in [2.45, 2.75) is 163 Å². The number of nitrogens with one attached hydrogen (secondary N) is 1. The number of amides is 1. The molecule has 732 valence electrons. The van der Waals surface area contributed by atoms with Crippen LogP contribution in [-0.4, -0.2) is 199 Å². The Morgan fingerprint density at radius 1 is 0.333 bits per heavy atom. The summed E-state index contributed by atoms with van der Waals surface area (Å²) in [6.07, 6.45) is 22.1. The van der Waals surface area contributed by atoms with Crippen LogP contribution in [0.5, 0.6) is 0 Å². The quantitative estimate of drug-likeness (QED) is 0.129. The Hall–Kier alpha value is -16.0. The van der Waals surface area contributed by atoms with Crippen LogP contribution >= 0.6 is 0 Å². The van der Waals surface area contributed by atoms with E-state index in [9.17, 15) is 144 Å². The number of allylic oxidation sites excluding steroid dienone is 2. The summed E-state index contributed by atoms with van der Waals surface area (Å²) >= 11 is 0. The van der Waals surface area contributed by atoms with Gasteiger partial charge in [0.05, 0.1) is 114 Å². The molecule has 0 aromatic heterocycles. The zero-order chi connectivity index (χ0) is 102. The largest absolute Gasteiger partial charge is 0.414 e. The van der Waals surface area contributed by atoms with E-state index in [1.54, 1.807) is 48.5 Å². The Labute approximate surface area is 778 Å². The van der Waals surface area contributed by atoms with Gasteiger partial charge >= 0.3 is 179 Å². The lowest BCUT2D eigenvalue weighted by Crippen LogP contribution is -2.49. The van der Waals surface area contributed by atoms with E-state index in [0.717, 1.165) is 81.9 Å². The number of hydrogen-bond donors (Lipinski definition) is 1. The Kier molecular flexibility index (Phi) is 38.8. The zero-order valence-corrected chi connectivity index (χ0v) is 73.8. The van der Waals surface area contributed by atoms with Crippen molar-refractivity contribution >= 4 is 179 Å². The molecular weight excluding hydrogens is 1840 g/mol. The molecule has 2 aromatic carbocycles. The number of rotatable bonds is 0. The van der Waals surface area contributed by atoms with E-state index in [0.29, 0.717) is 60.9 Å². The molecule has 10 atom stereocenters. The molecular formula is C91H87NO46. The van der Waals surface area contributed by atoms with Crippen molar-refractivity contribution in [2.75, 3.05) is 19.8 Å². The highest BCUT2D eigenvalue weighted by atomic mass is 16.7. The van der Waals surface area contributed by atoms with E-state index in [1.165, 1.54) is 25.2 Å². The minimum absolute atomic E-state index is 0.0532. The van der Waals surface area contributed by atoms with Crippen LogP contribution in [0, 0.1) is 64.1 Å². The lowest BCUT2D eigenvalue weighted by Gasteiger charge is -2.41. The fourth-order valence-corrected chi connectivity index (χ4v) is 14.6. The van der Waals surface area contributed by atoms with Crippen LogP contribution < -0.4 is 5.32 Å². The number of esters is 29. The molecule has 10 unspecified atom stereocenters. The number of carbonyl (C=O) groups excluding carboxylic acids is 30. The fourth-order valence-electron chi connectivity index (χ4n) is 14.6. The third-order valence-corrected chi connectivity index (χ3v) is 22.5. The van der Waals surface area contributed by atoms with E-state index >= 15 is 0 Å². The van der Waals surface area contributed by atoms with Gasteiger partial charge in [-0.1, -0.05) is 88.2 Å². The van der Waals surface area contributed by atoms with Crippen LogP contribution in [0.4, 0.5) is 4.79 Å². The molecule has 20 aliphatic rings. The van der Waals surface area contributed by atoms with E-state index in [-0.39, 0.29) is 188 Å². The molecule has 138 heavy (non-hydrogen) atoms. The molecule has 22 rings (SSSR count). The summed E-state index contributed by atoms with van der Waals surface area (Å²) < 4.78 is 68.5. The van der Waals surface area contributed by atoms with Gasteiger partial charge in [-0.25, -0.2) is 57.5 Å². The molecule has 10 saturated heterocycles. The highest BCUT2D eigenvalue weighted by Gasteiger charge is 2.64. The Balaban J connectivity index is 0.000000182. The normalized spacial score (nSPS) is 26.0. The predicted octanol–water partition coefficient (Wildman–Crippen LogP) is 3.65. The summed E-state index contributed by atoms with van der Waals surface area (Å²) in [7, 11) is 0. The average Bonchev–Trinajstić information content (AvgIpc) is 1.55. The molecule has 0 spiro atoms. The van der Waals surface area contributed by atoms with Crippen LogP contribution in [0.1, 0.15) is 193 Å². The number of ether oxygens (including phenoxy) is 16. The lowest BCUT2D eigenvalue weighted by molar-refractivity contribution is -0.185. The maximum Gasteiger partial charge on any atom is 0.414 e. The van der Waals surface area contributed by atoms with E-state index in [4.69, 9.17) is 4.74 Å². The molecule has 47 nitrogen and oxygen atoms in total. The van der Waals surface area contributed by atoms with Crippen molar-refractivity contribution in [3.05, 3.63) is 131 Å². The van der Waals surface area contributed by atoms with Crippen molar-refractivity contribution in [1.29, 1.82) is 0 Å². The minimum atomic E-state index is -0.638. The van der Waals surface area contributed by atoms with Gasteiger partial charge in [0.1, 0.15) is 13.2 Å². The highest BCUT2D eigenvalue weighted by molar-refractivity contribution is 6.15. The molecule has 0 radical (unpaired) electrons. The number of alkyl carbamates (subject to hydrolysis) is 1. The second kappa shape index (κ2) is 49.8. The monoisotopic (exact) mass is 1930 g/mol. The summed E-state index contributed by atoms with van der Waals surface area (Å²) in [5.41, 5.74) is 1.89. The van der Waals surface area contributed by atoms with E-state index in [1.807, 2.05) is 32.9 Å². The summed E-state index contributed by atoms with van der Waals surface area (Å²) in [6.45, 7) is 10.9. The molecule has 5 aliphatic carbocycles. The summed E-state index contributed by atoms with van der Waals surface area (Å²) in [5.74, 6) is -13.9. The van der Waals surface area contributed by atoms with Crippen molar-refractivity contribution in [3.63, 3.8) is 0 Å². The molecule has 1 amide bonds. The number of fused-ring (bicyclic) bond motifs is 8. The minimum Gasteiger partial charge on any atom is -0.393 e. The van der Waals surface area contributed by atoms with E-state index in [2.05, 4.69) is 82.9 Å². The van der Waals surface area contributed by atoms with Gasteiger partial charge in [-0.05, 0) is 107 Å². The molecule has 2 aromatic rings. The zero-order valence-electron chi connectivity index (χ0n) is 73.8. The van der Waals surface area contributed by atoms with Gasteiger partial charge in [0.25, 0.3) is 0 Å². The third kappa shape index (κ3) is 31.3. The molecule has 47 heteroatoms. The molecule has 15 heterocycles. The van der Waals surface area contributed by atoms with Gasteiger partial charge in [0.2, 0.25) is 0 Å². The Bertz CT molecular complexity index is 5230. The van der Waals surface area contributed by atoms with Gasteiger partial charge in [-0.15, -0.1) is 0 Å². The van der Waals surface area contributed by atoms with Crippen molar-refractivity contribution in [2.24, 2.45) is 64.1 Å². The van der Waals surface area contributed by atoms with Gasteiger partial charge in [-0.2, -0.15) is 0 Å². The summed E-state index contributed by atoms with van der Waals surface area (Å²) in [4.78, 5) is 315. The van der Waals surface area contributed by atoms with Gasteiger partial charge in [0, 0.05) is 54.8 Å². The molecule has 15 aliphatic heterocycles. The lowest BCUT2D eigenvalue weighted by atomic mass is 9.64. The number of cyclic esters (lactones) is 30. The second-order valence-electron chi connectivity index (χ2n) is 32.3. The number of benzene rings is 2. The molecule has 4 saturated carbocycles. The first-order chi connectivity index (χ1) is 65.2. The van der Waals surface area contributed by atoms with Gasteiger partial charge in [-0.3, -0.25) is 86.3 Å². The smallest absolute Gasteiger partial charge is 0.393 e.